The molecule has 3 aromatic carbocycles. The van der Waals surface area contributed by atoms with Gasteiger partial charge in [-0.05, 0) is 60.4 Å². The second-order valence-corrected chi connectivity index (χ2v) is 10.1. The fourth-order valence-electron chi connectivity index (χ4n) is 5.36. The maximum atomic E-state index is 14.2. The van der Waals surface area contributed by atoms with Gasteiger partial charge in [-0.15, -0.1) is 5.10 Å². The first-order valence-electron chi connectivity index (χ1n) is 13.7. The van der Waals surface area contributed by atoms with Crippen molar-refractivity contribution >= 4 is 22.8 Å². The molecule has 1 unspecified atom stereocenters. The summed E-state index contributed by atoms with van der Waals surface area (Å²) in [6, 6.07) is 21.6. The van der Waals surface area contributed by atoms with Crippen molar-refractivity contribution in [3.63, 3.8) is 0 Å². The summed E-state index contributed by atoms with van der Waals surface area (Å²) >= 11 is 0. The Morgan fingerprint density at radius 2 is 1.68 bits per heavy atom. The van der Waals surface area contributed by atoms with E-state index in [0.717, 1.165) is 36.8 Å². The maximum Gasteiger partial charge on any atom is 0.247 e. The number of amides is 2. The van der Waals surface area contributed by atoms with Crippen LogP contribution >= 0.6 is 0 Å². The smallest absolute Gasteiger partial charge is 0.247 e. The maximum absolute atomic E-state index is 14.2. The first-order valence-corrected chi connectivity index (χ1v) is 13.7. The molecule has 0 saturated heterocycles. The fourth-order valence-corrected chi connectivity index (χ4v) is 5.36. The highest BCUT2D eigenvalue weighted by Crippen LogP contribution is 2.29. The second-order valence-electron chi connectivity index (χ2n) is 10.1. The van der Waals surface area contributed by atoms with Crippen LogP contribution in [0.5, 0.6) is 11.5 Å². The molecule has 5 rings (SSSR count). The van der Waals surface area contributed by atoms with E-state index in [0.29, 0.717) is 22.6 Å². The first-order chi connectivity index (χ1) is 19.6. The summed E-state index contributed by atoms with van der Waals surface area (Å²) in [4.78, 5) is 29.9. The van der Waals surface area contributed by atoms with Gasteiger partial charge in [-0.1, -0.05) is 60.9 Å². The second kappa shape index (κ2) is 12.6. The number of ether oxygens (including phenoxy) is 2. The van der Waals surface area contributed by atoms with E-state index >= 15 is 0 Å². The molecule has 9 nitrogen and oxygen atoms in total. The monoisotopic (exact) mass is 541 g/mol. The lowest BCUT2D eigenvalue weighted by molar-refractivity contribution is -0.142. The quantitative estimate of drug-likeness (QED) is 0.313. The van der Waals surface area contributed by atoms with Crippen LogP contribution in [-0.4, -0.2) is 52.0 Å². The van der Waals surface area contributed by atoms with Crippen molar-refractivity contribution in [3.05, 3.63) is 83.9 Å². The normalized spacial score (nSPS) is 14.4. The standard InChI is InChI=1S/C31H35N5O4/c1-39-25-14-8-10-22(18-25)20-35(29(37)21-36-28-17-7-6-16-27(28)33-34-36)30(23-11-9-15-26(19-23)40-2)31(38)32-24-12-4-3-5-13-24/h6-11,14-19,24,30H,3-5,12-13,20-21H2,1-2H3,(H,32,38). The summed E-state index contributed by atoms with van der Waals surface area (Å²) < 4.78 is 12.5. The lowest BCUT2D eigenvalue weighted by atomic mass is 9.94. The van der Waals surface area contributed by atoms with Crippen molar-refractivity contribution in [1.29, 1.82) is 0 Å². The van der Waals surface area contributed by atoms with Gasteiger partial charge in [0, 0.05) is 12.6 Å². The van der Waals surface area contributed by atoms with E-state index in [2.05, 4.69) is 15.6 Å². The van der Waals surface area contributed by atoms with Gasteiger partial charge in [0.05, 0.1) is 19.7 Å². The van der Waals surface area contributed by atoms with Crippen LogP contribution < -0.4 is 14.8 Å². The lowest BCUT2D eigenvalue weighted by Gasteiger charge is -2.33. The minimum absolute atomic E-state index is 0.0678. The molecule has 1 fully saturated rings. The number of aromatic nitrogens is 3. The first kappa shape index (κ1) is 27.2. The van der Waals surface area contributed by atoms with Gasteiger partial charge in [-0.3, -0.25) is 9.59 Å². The minimum atomic E-state index is -0.884. The van der Waals surface area contributed by atoms with Crippen LogP contribution in [0, 0.1) is 0 Å². The Kier molecular flexibility index (Phi) is 8.59. The molecule has 208 valence electrons. The fraction of sp³-hybridized carbons (Fsp3) is 0.355. The number of carbonyl (C=O) groups is 2. The lowest BCUT2D eigenvalue weighted by Crippen LogP contribution is -2.47. The van der Waals surface area contributed by atoms with Crippen LogP contribution in [0.25, 0.3) is 11.0 Å². The van der Waals surface area contributed by atoms with Gasteiger partial charge in [0.25, 0.3) is 0 Å². The predicted octanol–water partition coefficient (Wildman–Crippen LogP) is 4.67. The SMILES string of the molecule is COc1cccc(CN(C(=O)Cn2nnc3ccccc32)C(C(=O)NC2CCCCC2)c2cccc(OC)c2)c1. The highest BCUT2D eigenvalue weighted by Gasteiger charge is 2.34. The molecule has 4 aromatic rings. The molecule has 1 aliphatic carbocycles. The Bertz CT molecular complexity index is 1460. The zero-order chi connectivity index (χ0) is 27.9. The Hall–Kier alpha value is -4.40. The van der Waals surface area contributed by atoms with Crippen LogP contribution in [0.3, 0.4) is 0 Å². The van der Waals surface area contributed by atoms with Crippen LogP contribution in [0.15, 0.2) is 72.8 Å². The number of nitrogens with zero attached hydrogens (tertiary/aromatic N) is 4. The molecule has 0 radical (unpaired) electrons. The zero-order valence-corrected chi connectivity index (χ0v) is 23.0. The molecular weight excluding hydrogens is 506 g/mol. The molecule has 1 aromatic heterocycles. The molecule has 1 atom stereocenters. The van der Waals surface area contributed by atoms with Gasteiger partial charge in [-0.25, -0.2) is 4.68 Å². The summed E-state index contributed by atoms with van der Waals surface area (Å²) in [6.07, 6.45) is 5.22. The number of methoxy groups -OCH3 is 2. The van der Waals surface area contributed by atoms with Gasteiger partial charge in [-0.2, -0.15) is 0 Å². The Morgan fingerprint density at radius 1 is 0.950 bits per heavy atom. The number of nitrogens with one attached hydrogen (secondary N) is 1. The average Bonchev–Trinajstić information content (AvgIpc) is 3.40. The summed E-state index contributed by atoms with van der Waals surface area (Å²) in [5.41, 5.74) is 2.97. The Labute approximate surface area is 234 Å². The van der Waals surface area contributed by atoms with Gasteiger partial charge in [0.1, 0.15) is 29.6 Å². The highest BCUT2D eigenvalue weighted by molar-refractivity contribution is 5.89. The highest BCUT2D eigenvalue weighted by atomic mass is 16.5. The number of hydrogen-bond acceptors (Lipinski definition) is 6. The van der Waals surface area contributed by atoms with Crippen molar-refractivity contribution in [3.8, 4) is 11.5 Å². The van der Waals surface area contributed by atoms with E-state index in [9.17, 15) is 9.59 Å². The largest absolute Gasteiger partial charge is 0.497 e. The number of fused-ring (bicyclic) bond motifs is 1. The Balaban J connectivity index is 1.54. The third-order valence-electron chi connectivity index (χ3n) is 7.43. The third-order valence-corrected chi connectivity index (χ3v) is 7.43. The van der Waals surface area contributed by atoms with Crippen LogP contribution in [0.1, 0.15) is 49.3 Å². The molecule has 0 bridgehead atoms. The average molecular weight is 542 g/mol. The van der Waals surface area contributed by atoms with Crippen LogP contribution in [0.2, 0.25) is 0 Å². The zero-order valence-electron chi connectivity index (χ0n) is 23.0. The van der Waals surface area contributed by atoms with Gasteiger partial charge in [0.2, 0.25) is 11.8 Å². The molecule has 1 saturated carbocycles. The third kappa shape index (κ3) is 6.25. The van der Waals surface area contributed by atoms with Crippen LogP contribution in [-0.2, 0) is 22.7 Å². The van der Waals surface area contributed by atoms with E-state index in [1.54, 1.807) is 23.8 Å². The molecule has 9 heteroatoms. The number of carbonyl (C=O) groups excluding carboxylic acids is 2. The number of hydrogen-bond donors (Lipinski definition) is 1. The van der Waals surface area contributed by atoms with E-state index in [4.69, 9.17) is 9.47 Å². The van der Waals surface area contributed by atoms with E-state index < -0.39 is 6.04 Å². The molecule has 40 heavy (non-hydrogen) atoms. The summed E-state index contributed by atoms with van der Waals surface area (Å²) in [5.74, 6) is 0.825. The predicted molar refractivity (Wildman–Crippen MR) is 152 cm³/mol. The summed E-state index contributed by atoms with van der Waals surface area (Å²) in [5, 5.41) is 11.7. The molecule has 0 aliphatic heterocycles. The van der Waals surface area contributed by atoms with E-state index in [-0.39, 0.29) is 30.9 Å². The molecule has 0 spiro atoms. The topological polar surface area (TPSA) is 98.6 Å². The van der Waals surface area contributed by atoms with Gasteiger partial charge >= 0.3 is 0 Å². The van der Waals surface area contributed by atoms with Gasteiger partial charge < -0.3 is 19.7 Å². The molecule has 1 heterocycles. The molecule has 2 amide bonds. The van der Waals surface area contributed by atoms with Crippen molar-refractivity contribution in [1.82, 2.24) is 25.2 Å². The van der Waals surface area contributed by atoms with Crippen LogP contribution in [0.4, 0.5) is 0 Å². The minimum Gasteiger partial charge on any atom is -0.497 e. The molecular formula is C31H35N5O4. The Morgan fingerprint density at radius 3 is 2.45 bits per heavy atom. The molecule has 1 aliphatic rings. The number of rotatable bonds is 10. The van der Waals surface area contributed by atoms with Crippen molar-refractivity contribution in [2.24, 2.45) is 0 Å². The van der Waals surface area contributed by atoms with Crippen molar-refractivity contribution < 1.29 is 19.1 Å². The van der Waals surface area contributed by atoms with Gasteiger partial charge in [0.15, 0.2) is 0 Å². The summed E-state index contributed by atoms with van der Waals surface area (Å²) in [7, 11) is 3.19. The number of benzene rings is 3. The van der Waals surface area contributed by atoms with E-state index in [1.165, 1.54) is 6.42 Å². The number of para-hydroxylation sites is 1. The summed E-state index contributed by atoms with van der Waals surface area (Å²) in [6.45, 7) is 0.129. The van der Waals surface area contributed by atoms with Crippen molar-refractivity contribution in [2.75, 3.05) is 14.2 Å². The van der Waals surface area contributed by atoms with E-state index in [1.807, 2.05) is 72.8 Å². The molecule has 1 N–H and O–H groups in total. The van der Waals surface area contributed by atoms with Crippen molar-refractivity contribution in [2.45, 2.75) is 57.3 Å².